The van der Waals surface area contributed by atoms with Gasteiger partial charge in [0.25, 0.3) is 0 Å². The molecule has 0 aliphatic carbocycles. The van der Waals surface area contributed by atoms with Gasteiger partial charge in [-0.1, -0.05) is 0 Å². The number of ether oxygens (including phenoxy) is 1. The van der Waals surface area contributed by atoms with Gasteiger partial charge in [0.15, 0.2) is 0 Å². The van der Waals surface area contributed by atoms with E-state index in [0.717, 1.165) is 24.8 Å². The molecule has 10 nitrogen and oxygen atoms in total. The summed E-state index contributed by atoms with van der Waals surface area (Å²) in [7, 11) is -0.508. The lowest BCUT2D eigenvalue weighted by Crippen LogP contribution is -2.53. The smallest absolute Gasteiger partial charge is 0.444 e. The molecule has 3 heterocycles. The lowest BCUT2D eigenvalue weighted by atomic mass is 9.81. The molecule has 2 aliphatic rings. The largest absolute Gasteiger partial charge is 0.498 e. The minimum absolute atomic E-state index is 0.0736. The molecule has 0 unspecified atom stereocenters. The number of hydrogen-bond acceptors (Lipinski definition) is 8. The fourth-order valence-corrected chi connectivity index (χ4v) is 3.75. The molecule has 1 aromatic heterocycles. The average Bonchev–Trinajstić information content (AvgIpc) is 2.94. The summed E-state index contributed by atoms with van der Waals surface area (Å²) in [5.74, 6) is 0.342. The third-order valence-corrected chi connectivity index (χ3v) is 6.36. The number of alkyl carbamates (subject to hydrolysis) is 1. The lowest BCUT2D eigenvalue weighted by Gasteiger charge is -2.33. The topological polar surface area (TPSA) is 115 Å². The monoisotopic (exact) mass is 475 g/mol. The second kappa shape index (κ2) is 9.69. The van der Waals surface area contributed by atoms with Gasteiger partial charge in [-0.15, -0.1) is 0 Å². The summed E-state index contributed by atoms with van der Waals surface area (Å²) in [5, 5.41) is 5.59. The zero-order chi connectivity index (χ0) is 25.3. The standard InChI is InChI=1S/C23H38BN5O5/c1-15(27-20(31)32-21(2,3)4)18(30)28-17-10-9-11-29(14-17)19-25-12-16(13-26-19)24-33-22(5,6)23(7,8)34-24/h12-13,15,17H,9-11,14H2,1-8H3,(H,27,31)(H,28,30)/t15-,17-/m1/s1. The Bertz CT molecular complexity index is 871. The number of amides is 2. The Morgan fingerprint density at radius 3 is 2.32 bits per heavy atom. The fourth-order valence-electron chi connectivity index (χ4n) is 3.75. The van der Waals surface area contributed by atoms with Crippen LogP contribution in [0.5, 0.6) is 0 Å². The second-order valence-corrected chi connectivity index (χ2v) is 11.1. The molecule has 0 saturated carbocycles. The van der Waals surface area contributed by atoms with Crippen LogP contribution in [0.2, 0.25) is 0 Å². The number of nitrogens with zero attached hydrogens (tertiary/aromatic N) is 3. The van der Waals surface area contributed by atoms with Crippen molar-refractivity contribution in [2.24, 2.45) is 0 Å². The zero-order valence-electron chi connectivity index (χ0n) is 21.6. The van der Waals surface area contributed by atoms with Gasteiger partial charge < -0.3 is 29.6 Å². The number of aromatic nitrogens is 2. The molecule has 34 heavy (non-hydrogen) atoms. The summed E-state index contributed by atoms with van der Waals surface area (Å²) in [6.07, 6.45) is 4.59. The van der Waals surface area contributed by atoms with Gasteiger partial charge in [-0.05, 0) is 68.2 Å². The van der Waals surface area contributed by atoms with Gasteiger partial charge >= 0.3 is 13.2 Å². The maximum absolute atomic E-state index is 12.6. The maximum Gasteiger partial charge on any atom is 0.498 e. The molecule has 2 aliphatic heterocycles. The van der Waals surface area contributed by atoms with Crippen LogP contribution in [0.3, 0.4) is 0 Å². The van der Waals surface area contributed by atoms with E-state index in [0.29, 0.717) is 12.5 Å². The van der Waals surface area contributed by atoms with E-state index in [9.17, 15) is 9.59 Å². The van der Waals surface area contributed by atoms with E-state index in [4.69, 9.17) is 14.0 Å². The van der Waals surface area contributed by atoms with Crippen LogP contribution in [-0.2, 0) is 18.8 Å². The van der Waals surface area contributed by atoms with E-state index < -0.39 is 36.1 Å². The third kappa shape index (κ3) is 6.38. The molecule has 11 heteroatoms. The Morgan fingerprint density at radius 2 is 1.76 bits per heavy atom. The predicted molar refractivity (Wildman–Crippen MR) is 130 cm³/mol. The first-order chi connectivity index (χ1) is 15.7. The molecule has 188 valence electrons. The highest BCUT2D eigenvalue weighted by atomic mass is 16.7. The van der Waals surface area contributed by atoms with Gasteiger partial charge in [-0.2, -0.15) is 0 Å². The van der Waals surface area contributed by atoms with Crippen LogP contribution in [0, 0.1) is 0 Å². The van der Waals surface area contributed by atoms with E-state index >= 15 is 0 Å². The SMILES string of the molecule is C[C@@H](NC(=O)OC(C)(C)C)C(=O)N[C@@H]1CCCN(c2ncc(B3OC(C)(C)C(C)(C)O3)cn2)C1. The van der Waals surface area contributed by atoms with Gasteiger partial charge in [0.2, 0.25) is 11.9 Å². The van der Waals surface area contributed by atoms with E-state index in [-0.39, 0.29) is 11.9 Å². The summed E-state index contributed by atoms with van der Waals surface area (Å²) in [6.45, 7) is 16.4. The summed E-state index contributed by atoms with van der Waals surface area (Å²) in [6, 6.07) is -0.781. The first-order valence-electron chi connectivity index (χ1n) is 11.9. The molecule has 1 aromatic rings. The van der Waals surface area contributed by atoms with E-state index in [2.05, 4.69) is 25.5 Å². The maximum atomic E-state index is 12.6. The summed E-state index contributed by atoms with van der Waals surface area (Å²) in [4.78, 5) is 35.7. The molecule has 0 spiro atoms. The second-order valence-electron chi connectivity index (χ2n) is 11.1. The quantitative estimate of drug-likeness (QED) is 0.620. The molecule has 2 saturated heterocycles. The van der Waals surface area contributed by atoms with Crippen molar-refractivity contribution in [2.45, 2.75) is 97.1 Å². The molecule has 0 bridgehead atoms. The first kappa shape index (κ1) is 26.2. The number of carbonyl (C=O) groups excluding carboxylic acids is 2. The number of rotatable bonds is 5. The molecular formula is C23H38BN5O5. The Hall–Kier alpha value is -2.40. The molecule has 2 fully saturated rings. The molecule has 3 rings (SSSR count). The van der Waals surface area contributed by atoms with Crippen molar-refractivity contribution in [1.82, 2.24) is 20.6 Å². The Morgan fingerprint density at radius 1 is 1.18 bits per heavy atom. The zero-order valence-corrected chi connectivity index (χ0v) is 21.6. The van der Waals surface area contributed by atoms with Gasteiger partial charge in [-0.3, -0.25) is 4.79 Å². The van der Waals surface area contributed by atoms with Crippen LogP contribution in [0.25, 0.3) is 0 Å². The molecule has 0 radical (unpaired) electrons. The summed E-state index contributed by atoms with van der Waals surface area (Å²) >= 11 is 0. The number of piperidine rings is 1. The van der Waals surface area contributed by atoms with Crippen LogP contribution < -0.4 is 21.0 Å². The van der Waals surface area contributed by atoms with Crippen molar-refractivity contribution < 1.29 is 23.6 Å². The first-order valence-corrected chi connectivity index (χ1v) is 11.9. The molecule has 2 N–H and O–H groups in total. The molecular weight excluding hydrogens is 437 g/mol. The number of nitrogens with one attached hydrogen (secondary N) is 2. The van der Waals surface area contributed by atoms with Crippen molar-refractivity contribution in [3.8, 4) is 0 Å². The minimum Gasteiger partial charge on any atom is -0.444 e. The van der Waals surface area contributed by atoms with Crippen LogP contribution in [0.1, 0.15) is 68.2 Å². The van der Waals surface area contributed by atoms with E-state index in [1.54, 1.807) is 40.1 Å². The minimum atomic E-state index is -0.708. The van der Waals surface area contributed by atoms with Gasteiger partial charge in [0.1, 0.15) is 11.6 Å². The average molecular weight is 475 g/mol. The summed E-state index contributed by atoms with van der Waals surface area (Å²) < 4.78 is 17.4. The highest BCUT2D eigenvalue weighted by molar-refractivity contribution is 6.61. The fraction of sp³-hybridized carbons (Fsp3) is 0.739. The Labute approximate surface area is 202 Å². The Balaban J connectivity index is 1.54. The van der Waals surface area contributed by atoms with Crippen molar-refractivity contribution in [1.29, 1.82) is 0 Å². The van der Waals surface area contributed by atoms with Crippen molar-refractivity contribution in [2.75, 3.05) is 18.0 Å². The van der Waals surface area contributed by atoms with Gasteiger partial charge in [-0.25, -0.2) is 14.8 Å². The molecule has 2 amide bonds. The van der Waals surface area contributed by atoms with Crippen molar-refractivity contribution >= 4 is 30.5 Å². The van der Waals surface area contributed by atoms with Crippen LogP contribution in [-0.4, -0.2) is 71.1 Å². The van der Waals surface area contributed by atoms with Crippen molar-refractivity contribution in [3.05, 3.63) is 12.4 Å². The van der Waals surface area contributed by atoms with E-state index in [1.807, 2.05) is 27.7 Å². The Kier molecular flexibility index (Phi) is 7.47. The molecule has 2 atom stereocenters. The van der Waals surface area contributed by atoms with Crippen LogP contribution in [0.4, 0.5) is 10.7 Å². The van der Waals surface area contributed by atoms with Gasteiger partial charge in [0, 0.05) is 37.0 Å². The summed E-state index contributed by atoms with van der Waals surface area (Å²) in [5.41, 5.74) is -0.706. The normalized spacial score (nSPS) is 22.8. The number of hydrogen-bond donors (Lipinski definition) is 2. The lowest BCUT2D eigenvalue weighted by molar-refractivity contribution is -0.123. The van der Waals surface area contributed by atoms with Gasteiger partial charge in [0.05, 0.1) is 11.2 Å². The molecule has 0 aromatic carbocycles. The predicted octanol–water partition coefficient (Wildman–Crippen LogP) is 1.77. The van der Waals surface area contributed by atoms with Crippen molar-refractivity contribution in [3.63, 3.8) is 0 Å². The number of anilines is 1. The highest BCUT2D eigenvalue weighted by Gasteiger charge is 2.52. The third-order valence-electron chi connectivity index (χ3n) is 6.36. The van der Waals surface area contributed by atoms with Crippen LogP contribution in [0.15, 0.2) is 12.4 Å². The highest BCUT2D eigenvalue weighted by Crippen LogP contribution is 2.36. The van der Waals surface area contributed by atoms with E-state index in [1.165, 1.54) is 0 Å². The number of carbonyl (C=O) groups is 2. The van der Waals surface area contributed by atoms with Crippen LogP contribution >= 0.6 is 0 Å².